The highest BCUT2D eigenvalue weighted by Crippen LogP contribution is 2.32. The van der Waals surface area contributed by atoms with E-state index in [4.69, 9.17) is 27.9 Å². The van der Waals surface area contributed by atoms with Gasteiger partial charge < -0.3 is 14.5 Å². The van der Waals surface area contributed by atoms with Crippen molar-refractivity contribution in [1.82, 2.24) is 4.90 Å². The van der Waals surface area contributed by atoms with Gasteiger partial charge in [-0.3, -0.25) is 14.9 Å². The minimum atomic E-state index is -1.05. The number of nitrogens with zero attached hydrogens (tertiary/aromatic N) is 3. The second-order valence-electron chi connectivity index (χ2n) is 7.24. The van der Waals surface area contributed by atoms with Gasteiger partial charge in [0.1, 0.15) is 11.4 Å². The van der Waals surface area contributed by atoms with E-state index in [1.54, 1.807) is 55.1 Å². The zero-order valence-corrected chi connectivity index (χ0v) is 17.6. The maximum absolute atomic E-state index is 13.0. The number of amides is 1. The summed E-state index contributed by atoms with van der Waals surface area (Å²) in [5, 5.41) is 12.3. The highest BCUT2D eigenvalue weighted by molar-refractivity contribution is 6.31. The smallest absolute Gasteiger partial charge is 0.294 e. The Balaban J connectivity index is 1.66. The Labute approximate surface area is 178 Å². The van der Waals surface area contributed by atoms with Gasteiger partial charge in [-0.25, -0.2) is 0 Å². The fraction of sp³-hybridized carbons (Fsp3) is 0.350. The van der Waals surface area contributed by atoms with Crippen molar-refractivity contribution in [2.45, 2.75) is 19.4 Å². The third kappa shape index (κ3) is 4.92. The summed E-state index contributed by atoms with van der Waals surface area (Å²) < 4.78 is 5.88. The van der Waals surface area contributed by atoms with E-state index in [1.165, 1.54) is 6.07 Å². The summed E-state index contributed by atoms with van der Waals surface area (Å²) in [4.78, 5) is 27.5. The molecule has 29 heavy (non-hydrogen) atoms. The van der Waals surface area contributed by atoms with Crippen LogP contribution in [0.25, 0.3) is 0 Å². The predicted octanol–water partition coefficient (Wildman–Crippen LogP) is 4.41. The second-order valence-corrected chi connectivity index (χ2v) is 8.11. The number of nitro groups is 1. The lowest BCUT2D eigenvalue weighted by atomic mass is 10.1. The Hall–Kier alpha value is -2.51. The largest absolute Gasteiger partial charge is 0.478 e. The second kappa shape index (κ2) is 8.47. The summed E-state index contributed by atoms with van der Waals surface area (Å²) in [6, 6.07) is 11.5. The molecule has 2 aromatic carbocycles. The van der Waals surface area contributed by atoms with Crippen LogP contribution in [-0.4, -0.2) is 47.5 Å². The van der Waals surface area contributed by atoms with Gasteiger partial charge in [-0.2, -0.15) is 0 Å². The lowest BCUT2D eigenvalue weighted by Gasteiger charge is -2.39. The number of ether oxygens (including phenoxy) is 1. The zero-order valence-electron chi connectivity index (χ0n) is 16.1. The van der Waals surface area contributed by atoms with Crippen LogP contribution in [0.4, 0.5) is 11.4 Å². The van der Waals surface area contributed by atoms with E-state index in [-0.39, 0.29) is 11.6 Å². The van der Waals surface area contributed by atoms with Gasteiger partial charge in [0, 0.05) is 42.3 Å². The molecule has 1 heterocycles. The van der Waals surface area contributed by atoms with Crippen LogP contribution in [0.1, 0.15) is 13.8 Å². The molecule has 0 N–H and O–H groups in total. The van der Waals surface area contributed by atoms with E-state index in [9.17, 15) is 14.9 Å². The number of halogens is 2. The predicted molar refractivity (Wildman–Crippen MR) is 113 cm³/mol. The number of anilines is 1. The molecule has 154 valence electrons. The molecule has 1 aliphatic rings. The average Bonchev–Trinajstić information content (AvgIpc) is 2.69. The molecule has 0 aromatic heterocycles. The van der Waals surface area contributed by atoms with E-state index >= 15 is 0 Å². The molecule has 0 aliphatic carbocycles. The van der Waals surface area contributed by atoms with Gasteiger partial charge >= 0.3 is 0 Å². The zero-order chi connectivity index (χ0) is 21.2. The summed E-state index contributed by atoms with van der Waals surface area (Å²) in [7, 11) is 0. The normalized spacial score (nSPS) is 14.6. The molecular weight excluding hydrogens is 417 g/mol. The first kappa shape index (κ1) is 21.2. The standard InChI is InChI=1S/C20H21Cl2N3O4/c1-20(2,29-16-6-3-14(21)4-7-16)19(26)24-11-9-23(10-12-24)17-8-5-15(22)13-18(17)25(27)28/h3-8,13H,9-12H2,1-2H3. The van der Waals surface area contributed by atoms with Crippen molar-refractivity contribution in [3.63, 3.8) is 0 Å². The van der Waals surface area contributed by atoms with Crippen molar-refractivity contribution in [3.8, 4) is 5.75 Å². The number of piperazine rings is 1. The molecule has 2 aromatic rings. The molecule has 7 nitrogen and oxygen atoms in total. The number of carbonyl (C=O) groups is 1. The molecule has 1 aliphatic heterocycles. The highest BCUT2D eigenvalue weighted by atomic mass is 35.5. The first-order valence-corrected chi connectivity index (χ1v) is 9.86. The van der Waals surface area contributed by atoms with E-state index in [0.29, 0.717) is 47.7 Å². The van der Waals surface area contributed by atoms with Crippen molar-refractivity contribution in [2.75, 3.05) is 31.1 Å². The topological polar surface area (TPSA) is 75.9 Å². The molecule has 3 rings (SSSR count). The SMILES string of the molecule is CC(C)(Oc1ccc(Cl)cc1)C(=O)N1CCN(c2ccc(Cl)cc2[N+](=O)[O-])CC1. The maximum atomic E-state index is 13.0. The van der Waals surface area contributed by atoms with Gasteiger partial charge in [-0.1, -0.05) is 23.2 Å². The van der Waals surface area contributed by atoms with Crippen molar-refractivity contribution < 1.29 is 14.5 Å². The summed E-state index contributed by atoms with van der Waals surface area (Å²) >= 11 is 11.8. The Bertz CT molecular complexity index is 910. The number of rotatable bonds is 5. The van der Waals surface area contributed by atoms with Crippen molar-refractivity contribution >= 4 is 40.5 Å². The Kier molecular flexibility index (Phi) is 6.19. The van der Waals surface area contributed by atoms with E-state index in [1.807, 2.05) is 4.90 Å². The number of nitro benzene ring substituents is 1. The molecular formula is C20H21Cl2N3O4. The molecule has 1 saturated heterocycles. The van der Waals surface area contributed by atoms with Gasteiger partial charge in [-0.05, 0) is 50.2 Å². The third-order valence-electron chi connectivity index (χ3n) is 4.74. The van der Waals surface area contributed by atoms with Crippen molar-refractivity contribution in [2.24, 2.45) is 0 Å². The van der Waals surface area contributed by atoms with Gasteiger partial charge in [0.25, 0.3) is 11.6 Å². The first-order valence-electron chi connectivity index (χ1n) is 9.10. The number of carbonyl (C=O) groups excluding carboxylic acids is 1. The van der Waals surface area contributed by atoms with E-state index in [2.05, 4.69) is 0 Å². The molecule has 0 radical (unpaired) electrons. The van der Waals surface area contributed by atoms with Crippen LogP contribution in [0.5, 0.6) is 5.75 Å². The van der Waals surface area contributed by atoms with Crippen LogP contribution < -0.4 is 9.64 Å². The molecule has 0 atom stereocenters. The van der Waals surface area contributed by atoms with Gasteiger partial charge in [0.2, 0.25) is 0 Å². The molecule has 0 unspecified atom stereocenters. The minimum Gasteiger partial charge on any atom is -0.478 e. The Morgan fingerprint density at radius 1 is 1.03 bits per heavy atom. The number of hydrogen-bond donors (Lipinski definition) is 0. The Morgan fingerprint density at radius 3 is 2.21 bits per heavy atom. The lowest BCUT2D eigenvalue weighted by Crippen LogP contribution is -2.55. The molecule has 9 heteroatoms. The Morgan fingerprint density at radius 2 is 1.62 bits per heavy atom. The van der Waals surface area contributed by atoms with E-state index < -0.39 is 10.5 Å². The summed E-state index contributed by atoms with van der Waals surface area (Å²) in [5.74, 6) is 0.417. The van der Waals surface area contributed by atoms with E-state index in [0.717, 1.165) is 0 Å². The highest BCUT2D eigenvalue weighted by Gasteiger charge is 2.36. The van der Waals surface area contributed by atoms with Gasteiger partial charge in [-0.15, -0.1) is 0 Å². The quantitative estimate of drug-likeness (QED) is 0.511. The van der Waals surface area contributed by atoms with Gasteiger partial charge in [0.05, 0.1) is 4.92 Å². The third-order valence-corrected chi connectivity index (χ3v) is 5.23. The maximum Gasteiger partial charge on any atom is 0.294 e. The number of benzene rings is 2. The van der Waals surface area contributed by atoms with Crippen LogP contribution in [0.2, 0.25) is 10.0 Å². The lowest BCUT2D eigenvalue weighted by molar-refractivity contribution is -0.384. The minimum absolute atomic E-state index is 0.0383. The molecule has 0 bridgehead atoms. The fourth-order valence-corrected chi connectivity index (χ4v) is 3.57. The number of hydrogen-bond acceptors (Lipinski definition) is 5. The monoisotopic (exact) mass is 437 g/mol. The molecule has 1 fully saturated rings. The van der Waals surface area contributed by atoms with Crippen LogP contribution in [0, 0.1) is 10.1 Å². The summed E-state index contributed by atoms with van der Waals surface area (Å²) in [6.45, 7) is 5.27. The van der Waals surface area contributed by atoms with Crippen LogP contribution >= 0.6 is 23.2 Å². The van der Waals surface area contributed by atoms with Crippen LogP contribution in [0.15, 0.2) is 42.5 Å². The first-order chi connectivity index (χ1) is 13.7. The van der Waals surface area contributed by atoms with Crippen LogP contribution in [-0.2, 0) is 4.79 Å². The summed E-state index contributed by atoms with van der Waals surface area (Å²) in [5.41, 5.74) is -0.589. The molecule has 1 amide bonds. The summed E-state index contributed by atoms with van der Waals surface area (Å²) in [6.07, 6.45) is 0. The average molecular weight is 438 g/mol. The molecule has 0 spiro atoms. The van der Waals surface area contributed by atoms with Crippen molar-refractivity contribution in [3.05, 3.63) is 62.6 Å². The van der Waals surface area contributed by atoms with Crippen molar-refractivity contribution in [1.29, 1.82) is 0 Å². The molecule has 0 saturated carbocycles. The fourth-order valence-electron chi connectivity index (χ4n) is 3.28. The van der Waals surface area contributed by atoms with Crippen LogP contribution in [0.3, 0.4) is 0 Å². The van der Waals surface area contributed by atoms with Gasteiger partial charge in [0.15, 0.2) is 5.60 Å².